The van der Waals surface area contributed by atoms with Crippen LogP contribution in [0.5, 0.6) is 0 Å². The zero-order valence-electron chi connectivity index (χ0n) is 9.36. The van der Waals surface area contributed by atoms with Crippen LogP contribution in [-0.4, -0.2) is 0 Å². The van der Waals surface area contributed by atoms with Crippen LogP contribution in [0.25, 0.3) is 0 Å². The Balaban J connectivity index is 2.76. The molecule has 0 aliphatic heterocycles. The van der Waals surface area contributed by atoms with Crippen molar-refractivity contribution in [3.05, 3.63) is 6.92 Å². The fourth-order valence-corrected chi connectivity index (χ4v) is 1.63. The van der Waals surface area contributed by atoms with E-state index in [-0.39, 0.29) is 0 Å². The SMILES string of the molecule is [CH]CCCCCCCCCCCC. The molecule has 0 atom stereocenters. The minimum atomic E-state index is 0.872. The molecule has 0 fully saturated rings. The Hall–Kier alpha value is 0. The number of hydrogen-bond acceptors (Lipinski definition) is 0. The summed E-state index contributed by atoms with van der Waals surface area (Å²) in [4.78, 5) is 0. The van der Waals surface area contributed by atoms with Crippen molar-refractivity contribution in [3.63, 3.8) is 0 Å². The van der Waals surface area contributed by atoms with Crippen molar-refractivity contribution >= 4 is 0 Å². The Morgan fingerprint density at radius 1 is 0.615 bits per heavy atom. The van der Waals surface area contributed by atoms with Gasteiger partial charge >= 0.3 is 0 Å². The minimum Gasteiger partial charge on any atom is -0.0654 e. The average molecular weight is 182 g/mol. The van der Waals surface area contributed by atoms with E-state index < -0.39 is 0 Å². The summed E-state index contributed by atoms with van der Waals surface area (Å²) in [6.45, 7) is 7.69. The monoisotopic (exact) mass is 182 g/mol. The average Bonchev–Trinajstić information content (AvgIpc) is 2.16. The summed E-state index contributed by atoms with van der Waals surface area (Å²) in [6.07, 6.45) is 14.8. The topological polar surface area (TPSA) is 0 Å². The molecule has 78 valence electrons. The van der Waals surface area contributed by atoms with E-state index in [1.807, 2.05) is 0 Å². The molecule has 0 aliphatic rings. The van der Waals surface area contributed by atoms with E-state index in [1.54, 1.807) is 0 Å². The molecule has 2 radical (unpaired) electrons. The van der Waals surface area contributed by atoms with E-state index in [0.717, 1.165) is 6.42 Å². The van der Waals surface area contributed by atoms with Crippen LogP contribution in [0.1, 0.15) is 77.6 Å². The molecule has 0 rings (SSSR count). The van der Waals surface area contributed by atoms with Crippen LogP contribution in [0.2, 0.25) is 0 Å². The molecule has 0 spiro atoms. The molecular weight excluding hydrogens is 156 g/mol. The van der Waals surface area contributed by atoms with Crippen LogP contribution in [-0.2, 0) is 0 Å². The molecule has 0 saturated heterocycles. The van der Waals surface area contributed by atoms with Gasteiger partial charge in [-0.15, -0.1) is 0 Å². The minimum absolute atomic E-state index is 0.872. The first-order chi connectivity index (χ1) is 6.41. The first kappa shape index (κ1) is 13.0. The van der Waals surface area contributed by atoms with Crippen LogP contribution in [0.4, 0.5) is 0 Å². The van der Waals surface area contributed by atoms with Gasteiger partial charge in [0.1, 0.15) is 0 Å². The highest BCUT2D eigenvalue weighted by molar-refractivity contribution is 4.48. The molecule has 0 aromatic heterocycles. The fourth-order valence-electron chi connectivity index (χ4n) is 1.63. The molecule has 0 heterocycles. The summed E-state index contributed by atoms with van der Waals surface area (Å²) in [6, 6.07) is 0. The van der Waals surface area contributed by atoms with Crippen LogP contribution in [0.3, 0.4) is 0 Å². The molecule has 0 bridgehead atoms. The Morgan fingerprint density at radius 2 is 1.00 bits per heavy atom. The molecule has 0 saturated carbocycles. The van der Waals surface area contributed by atoms with E-state index >= 15 is 0 Å². The van der Waals surface area contributed by atoms with Crippen molar-refractivity contribution in [1.29, 1.82) is 0 Å². The van der Waals surface area contributed by atoms with Gasteiger partial charge in [0.15, 0.2) is 0 Å². The zero-order chi connectivity index (χ0) is 9.78. The molecule has 0 heteroatoms. The second-order valence-electron chi connectivity index (χ2n) is 3.97. The highest BCUT2D eigenvalue weighted by Crippen LogP contribution is 2.10. The molecule has 0 N–H and O–H groups in total. The molecule has 0 aromatic carbocycles. The van der Waals surface area contributed by atoms with E-state index in [9.17, 15) is 0 Å². The molecule has 0 aliphatic carbocycles. The highest BCUT2D eigenvalue weighted by Gasteiger charge is 1.90. The Morgan fingerprint density at radius 3 is 1.38 bits per heavy atom. The summed E-state index contributed by atoms with van der Waals surface area (Å²) in [5.41, 5.74) is 0. The van der Waals surface area contributed by atoms with Gasteiger partial charge < -0.3 is 0 Å². The van der Waals surface area contributed by atoms with Crippen LogP contribution < -0.4 is 0 Å². The van der Waals surface area contributed by atoms with Gasteiger partial charge in [0.25, 0.3) is 0 Å². The normalized spacial score (nSPS) is 10.6. The van der Waals surface area contributed by atoms with Crippen molar-refractivity contribution in [2.24, 2.45) is 0 Å². The Kier molecular flexibility index (Phi) is 12.0. The largest absolute Gasteiger partial charge is 0.0654 e. The maximum atomic E-state index is 5.42. The lowest BCUT2D eigenvalue weighted by molar-refractivity contribution is 0.557. The molecule has 0 unspecified atom stereocenters. The molecule has 0 aromatic rings. The molecule has 0 nitrogen and oxygen atoms in total. The van der Waals surface area contributed by atoms with Crippen LogP contribution >= 0.6 is 0 Å². The number of hydrogen-bond donors (Lipinski definition) is 0. The van der Waals surface area contributed by atoms with Gasteiger partial charge in [-0.1, -0.05) is 71.1 Å². The summed E-state index contributed by atoms with van der Waals surface area (Å²) in [7, 11) is 0. The molecule has 13 heavy (non-hydrogen) atoms. The van der Waals surface area contributed by atoms with Gasteiger partial charge in [-0.3, -0.25) is 0 Å². The third-order valence-electron chi connectivity index (χ3n) is 2.56. The number of unbranched alkanes of at least 4 members (excludes halogenated alkanes) is 10. The van der Waals surface area contributed by atoms with E-state index in [4.69, 9.17) is 6.92 Å². The lowest BCUT2D eigenvalue weighted by Gasteiger charge is -2.00. The van der Waals surface area contributed by atoms with Gasteiger partial charge in [-0.05, 0) is 13.3 Å². The highest BCUT2D eigenvalue weighted by atomic mass is 14.0. The lowest BCUT2D eigenvalue weighted by atomic mass is 10.1. The number of rotatable bonds is 10. The van der Waals surface area contributed by atoms with Crippen LogP contribution in [0, 0.1) is 6.92 Å². The Bertz CT molecular complexity index is 66.1. The van der Waals surface area contributed by atoms with Gasteiger partial charge in [-0.25, -0.2) is 0 Å². The summed E-state index contributed by atoms with van der Waals surface area (Å²) in [5, 5.41) is 0. The standard InChI is InChI=1S/C13H26/c1-3-5-7-9-11-13-12-10-8-6-4-2/h1H,3-13H2,2H3. The lowest BCUT2D eigenvalue weighted by Crippen LogP contribution is -1.81. The van der Waals surface area contributed by atoms with Crippen LogP contribution in [0.15, 0.2) is 0 Å². The Labute approximate surface area is 85.1 Å². The summed E-state index contributed by atoms with van der Waals surface area (Å²) < 4.78 is 0. The van der Waals surface area contributed by atoms with Crippen molar-refractivity contribution < 1.29 is 0 Å². The zero-order valence-corrected chi connectivity index (χ0v) is 9.36. The van der Waals surface area contributed by atoms with Crippen molar-refractivity contribution in [3.8, 4) is 0 Å². The second kappa shape index (κ2) is 12.0. The maximum absolute atomic E-state index is 5.42. The molecular formula is C13H26. The third kappa shape index (κ3) is 12.0. The van der Waals surface area contributed by atoms with E-state index in [0.29, 0.717) is 0 Å². The van der Waals surface area contributed by atoms with E-state index in [1.165, 1.54) is 64.2 Å². The third-order valence-corrected chi connectivity index (χ3v) is 2.56. The smallest absolute Gasteiger partial charge is 0.0352 e. The van der Waals surface area contributed by atoms with Crippen molar-refractivity contribution in [2.75, 3.05) is 0 Å². The predicted octanol–water partition coefficient (Wildman–Crippen LogP) is 5.01. The first-order valence-electron chi connectivity index (χ1n) is 6.12. The van der Waals surface area contributed by atoms with E-state index in [2.05, 4.69) is 6.92 Å². The van der Waals surface area contributed by atoms with Gasteiger partial charge in [0, 0.05) is 0 Å². The second-order valence-corrected chi connectivity index (χ2v) is 3.97. The van der Waals surface area contributed by atoms with Gasteiger partial charge in [0.2, 0.25) is 0 Å². The first-order valence-corrected chi connectivity index (χ1v) is 6.12. The fraction of sp³-hybridized carbons (Fsp3) is 0.923. The van der Waals surface area contributed by atoms with Crippen molar-refractivity contribution in [1.82, 2.24) is 0 Å². The quantitative estimate of drug-likeness (QED) is 0.417. The molecule has 0 amide bonds. The summed E-state index contributed by atoms with van der Waals surface area (Å²) >= 11 is 0. The summed E-state index contributed by atoms with van der Waals surface area (Å²) in [5.74, 6) is 0. The predicted molar refractivity (Wildman–Crippen MR) is 60.8 cm³/mol. The van der Waals surface area contributed by atoms with Gasteiger partial charge in [-0.2, -0.15) is 0 Å². The maximum Gasteiger partial charge on any atom is -0.0352 e. The van der Waals surface area contributed by atoms with Crippen molar-refractivity contribution in [2.45, 2.75) is 77.6 Å². The van der Waals surface area contributed by atoms with Gasteiger partial charge in [0.05, 0.1) is 0 Å².